The third kappa shape index (κ3) is 5.50. The van der Waals surface area contributed by atoms with Gasteiger partial charge >= 0.3 is 0 Å². The number of piperazine rings is 1. The summed E-state index contributed by atoms with van der Waals surface area (Å²) in [7, 11) is -2.13. The van der Waals surface area contributed by atoms with E-state index in [0.717, 1.165) is 0 Å². The molecule has 1 aliphatic heterocycles. The summed E-state index contributed by atoms with van der Waals surface area (Å²) in [4.78, 5) is 24.7. The number of nitro groups is 1. The van der Waals surface area contributed by atoms with Crippen LogP contribution >= 0.6 is 11.6 Å². The second-order valence-corrected chi connectivity index (χ2v) is 9.17. The maximum absolute atomic E-state index is 12.8. The van der Waals surface area contributed by atoms with Crippen LogP contribution in [0, 0.1) is 10.1 Å². The molecule has 1 heterocycles. The molecule has 0 unspecified atom stereocenters. The summed E-state index contributed by atoms with van der Waals surface area (Å²) >= 11 is 6.00. The van der Waals surface area contributed by atoms with Gasteiger partial charge in [-0.25, -0.2) is 8.42 Å². The molecule has 1 N–H and O–H groups in total. The SMILES string of the molecule is COc1ccc(S(=O)(=O)N2CCN(CC(=O)Nc3cc([N+](=O)[O-])ccc3Cl)CC2)cc1. The number of anilines is 1. The van der Waals surface area contributed by atoms with E-state index in [4.69, 9.17) is 16.3 Å². The van der Waals surface area contributed by atoms with Gasteiger partial charge in [0.2, 0.25) is 15.9 Å². The molecular weight excluding hydrogens is 448 g/mol. The fraction of sp³-hybridized carbons (Fsp3) is 0.316. The normalized spacial score (nSPS) is 15.4. The molecule has 0 aliphatic carbocycles. The van der Waals surface area contributed by atoms with Crippen molar-refractivity contribution in [2.45, 2.75) is 4.90 Å². The highest BCUT2D eigenvalue weighted by Gasteiger charge is 2.29. The Morgan fingerprint density at radius 1 is 1.16 bits per heavy atom. The first-order valence-corrected chi connectivity index (χ1v) is 11.1. The topological polar surface area (TPSA) is 122 Å². The van der Waals surface area contributed by atoms with Gasteiger partial charge < -0.3 is 10.1 Å². The minimum atomic E-state index is -3.64. The first-order valence-electron chi connectivity index (χ1n) is 9.31. The molecule has 2 aromatic carbocycles. The minimum Gasteiger partial charge on any atom is -0.497 e. The van der Waals surface area contributed by atoms with Gasteiger partial charge in [0.1, 0.15) is 5.75 Å². The molecule has 1 fully saturated rings. The Hall–Kier alpha value is -2.73. The number of benzene rings is 2. The molecule has 31 heavy (non-hydrogen) atoms. The van der Waals surface area contributed by atoms with Gasteiger partial charge in [0, 0.05) is 38.3 Å². The number of rotatable bonds is 7. The van der Waals surface area contributed by atoms with E-state index in [9.17, 15) is 23.3 Å². The highest BCUT2D eigenvalue weighted by Crippen LogP contribution is 2.27. The van der Waals surface area contributed by atoms with Gasteiger partial charge in [0.05, 0.1) is 34.2 Å². The van der Waals surface area contributed by atoms with Crippen LogP contribution in [0.2, 0.25) is 5.02 Å². The number of nitrogens with one attached hydrogen (secondary N) is 1. The van der Waals surface area contributed by atoms with Gasteiger partial charge in [-0.2, -0.15) is 4.31 Å². The number of ether oxygens (including phenoxy) is 1. The van der Waals surface area contributed by atoms with Crippen LogP contribution in [-0.4, -0.2) is 68.3 Å². The molecule has 12 heteroatoms. The van der Waals surface area contributed by atoms with Crippen LogP contribution in [0.1, 0.15) is 0 Å². The number of sulfonamides is 1. The maximum Gasteiger partial charge on any atom is 0.271 e. The molecule has 1 aliphatic rings. The number of non-ortho nitro benzene ring substituents is 1. The van der Waals surface area contributed by atoms with Gasteiger partial charge in [0.15, 0.2) is 0 Å². The lowest BCUT2D eigenvalue weighted by Crippen LogP contribution is -2.50. The second kappa shape index (κ2) is 9.60. The van der Waals surface area contributed by atoms with Gasteiger partial charge in [-0.15, -0.1) is 0 Å². The Balaban J connectivity index is 1.57. The average molecular weight is 469 g/mol. The zero-order valence-electron chi connectivity index (χ0n) is 16.7. The number of hydrogen-bond acceptors (Lipinski definition) is 7. The molecule has 0 aromatic heterocycles. The smallest absolute Gasteiger partial charge is 0.271 e. The molecule has 3 rings (SSSR count). The monoisotopic (exact) mass is 468 g/mol. The Bertz CT molecular complexity index is 1070. The summed E-state index contributed by atoms with van der Waals surface area (Å²) in [6.07, 6.45) is 0. The van der Waals surface area contributed by atoms with E-state index >= 15 is 0 Å². The number of nitro benzene ring substituents is 1. The van der Waals surface area contributed by atoms with Crippen molar-refractivity contribution in [2.75, 3.05) is 45.2 Å². The van der Waals surface area contributed by atoms with Crippen LogP contribution in [0.5, 0.6) is 5.75 Å². The number of nitrogens with zero attached hydrogens (tertiary/aromatic N) is 3. The van der Waals surface area contributed by atoms with E-state index in [1.54, 1.807) is 17.0 Å². The number of carbonyl (C=O) groups is 1. The second-order valence-electron chi connectivity index (χ2n) is 6.83. The van der Waals surface area contributed by atoms with Crippen molar-refractivity contribution in [1.29, 1.82) is 0 Å². The number of carbonyl (C=O) groups excluding carboxylic acids is 1. The van der Waals surface area contributed by atoms with Gasteiger partial charge in [-0.05, 0) is 30.3 Å². The molecular formula is C19H21ClN4O6S. The van der Waals surface area contributed by atoms with Crippen LogP contribution in [0.4, 0.5) is 11.4 Å². The van der Waals surface area contributed by atoms with E-state index in [0.29, 0.717) is 18.8 Å². The minimum absolute atomic E-state index is 0.00937. The van der Waals surface area contributed by atoms with Crippen molar-refractivity contribution in [3.63, 3.8) is 0 Å². The Morgan fingerprint density at radius 2 is 1.81 bits per heavy atom. The lowest BCUT2D eigenvalue weighted by atomic mass is 10.2. The predicted molar refractivity (Wildman–Crippen MR) is 115 cm³/mol. The van der Waals surface area contributed by atoms with E-state index in [1.165, 1.54) is 41.7 Å². The van der Waals surface area contributed by atoms with Crippen LogP contribution in [-0.2, 0) is 14.8 Å². The summed E-state index contributed by atoms with van der Waals surface area (Å²) in [6, 6.07) is 9.96. The molecule has 166 valence electrons. The molecule has 0 saturated carbocycles. The lowest BCUT2D eigenvalue weighted by Gasteiger charge is -2.33. The van der Waals surface area contributed by atoms with Gasteiger partial charge in [-0.3, -0.25) is 19.8 Å². The van der Waals surface area contributed by atoms with Crippen molar-refractivity contribution < 1.29 is 22.9 Å². The summed E-state index contributed by atoms with van der Waals surface area (Å²) in [6.45, 7) is 1.21. The standard InChI is InChI=1S/C19H21ClN4O6S/c1-30-15-3-5-16(6-4-15)31(28,29)23-10-8-22(9-11-23)13-19(25)21-18-12-14(24(26)27)2-7-17(18)20/h2-7,12H,8-11,13H2,1H3,(H,21,25). The number of amides is 1. The zero-order valence-corrected chi connectivity index (χ0v) is 18.2. The molecule has 2 aromatic rings. The van der Waals surface area contributed by atoms with E-state index in [2.05, 4.69) is 5.32 Å². The lowest BCUT2D eigenvalue weighted by molar-refractivity contribution is -0.384. The van der Waals surface area contributed by atoms with Crippen LogP contribution in [0.15, 0.2) is 47.4 Å². The quantitative estimate of drug-likeness (QED) is 0.488. The predicted octanol–water partition coefficient (Wildman–Crippen LogP) is 2.20. The Labute approximate surface area is 184 Å². The Kier molecular flexibility index (Phi) is 7.11. The molecule has 1 saturated heterocycles. The van der Waals surface area contributed by atoms with Crippen molar-refractivity contribution in [3.8, 4) is 5.75 Å². The first-order chi connectivity index (χ1) is 14.7. The third-order valence-corrected chi connectivity index (χ3v) is 7.07. The first kappa shape index (κ1) is 22.9. The molecule has 0 radical (unpaired) electrons. The van der Waals surface area contributed by atoms with Crippen molar-refractivity contribution in [2.24, 2.45) is 0 Å². The van der Waals surface area contributed by atoms with Gasteiger partial charge in [0.25, 0.3) is 5.69 Å². The largest absolute Gasteiger partial charge is 0.497 e. The van der Waals surface area contributed by atoms with E-state index in [-0.39, 0.29) is 40.9 Å². The molecule has 10 nitrogen and oxygen atoms in total. The highest BCUT2D eigenvalue weighted by molar-refractivity contribution is 7.89. The average Bonchev–Trinajstić information content (AvgIpc) is 2.75. The van der Waals surface area contributed by atoms with E-state index in [1.807, 2.05) is 0 Å². The Morgan fingerprint density at radius 3 is 2.39 bits per heavy atom. The van der Waals surface area contributed by atoms with Crippen LogP contribution < -0.4 is 10.1 Å². The van der Waals surface area contributed by atoms with Crippen molar-refractivity contribution >= 4 is 38.9 Å². The number of hydrogen-bond donors (Lipinski definition) is 1. The maximum atomic E-state index is 12.8. The summed E-state index contributed by atoms with van der Waals surface area (Å²) in [5.41, 5.74) is -0.0290. The number of halogens is 1. The van der Waals surface area contributed by atoms with Crippen LogP contribution in [0.25, 0.3) is 0 Å². The molecule has 0 spiro atoms. The summed E-state index contributed by atoms with van der Waals surface area (Å²) < 4.78 is 32.0. The van der Waals surface area contributed by atoms with E-state index < -0.39 is 20.9 Å². The molecule has 0 atom stereocenters. The summed E-state index contributed by atoms with van der Waals surface area (Å²) in [5.74, 6) is 0.174. The highest BCUT2D eigenvalue weighted by atomic mass is 35.5. The third-order valence-electron chi connectivity index (χ3n) is 4.83. The van der Waals surface area contributed by atoms with Crippen molar-refractivity contribution in [1.82, 2.24) is 9.21 Å². The number of methoxy groups -OCH3 is 1. The van der Waals surface area contributed by atoms with Crippen LogP contribution in [0.3, 0.4) is 0 Å². The fourth-order valence-corrected chi connectivity index (χ4v) is 4.73. The van der Waals surface area contributed by atoms with Crippen molar-refractivity contribution in [3.05, 3.63) is 57.6 Å². The fourth-order valence-electron chi connectivity index (χ4n) is 3.14. The summed E-state index contributed by atoms with van der Waals surface area (Å²) in [5, 5.41) is 13.7. The van der Waals surface area contributed by atoms with Gasteiger partial charge in [-0.1, -0.05) is 11.6 Å². The molecule has 1 amide bonds. The molecule has 0 bridgehead atoms. The zero-order chi connectivity index (χ0) is 22.6.